The topological polar surface area (TPSA) is 158 Å². The molecule has 0 aliphatic heterocycles. The van der Waals surface area contributed by atoms with Crippen LogP contribution in [0.1, 0.15) is 62.4 Å². The minimum atomic E-state index is -5.00. The van der Waals surface area contributed by atoms with Crippen LogP contribution in [-0.2, 0) is 47.0 Å². The van der Waals surface area contributed by atoms with E-state index in [1.54, 1.807) is 24.3 Å². The van der Waals surface area contributed by atoms with E-state index in [1.807, 2.05) is 41.5 Å². The molecule has 0 aliphatic carbocycles. The van der Waals surface area contributed by atoms with Crippen LogP contribution in [0.25, 0.3) is 0 Å². The molecule has 0 radical (unpaired) electrons. The zero-order valence-electron chi connectivity index (χ0n) is 32.8. The van der Waals surface area contributed by atoms with Crippen molar-refractivity contribution in [2.24, 2.45) is 0 Å². The van der Waals surface area contributed by atoms with Gasteiger partial charge in [0.15, 0.2) is 0 Å². The molecule has 57 heavy (non-hydrogen) atoms. The Morgan fingerprint density at radius 2 is 0.965 bits per heavy atom. The van der Waals surface area contributed by atoms with Gasteiger partial charge in [0.05, 0.1) is 71.5 Å². The molecule has 0 saturated heterocycles. The molecule has 2 heterocycles. The highest BCUT2D eigenvalue weighted by Crippen LogP contribution is 2.51. The fraction of sp³-hybridized carbons (Fsp3) is 0.405. The lowest BCUT2D eigenvalue weighted by atomic mass is 10.2. The molecule has 0 saturated carbocycles. The highest BCUT2D eigenvalue weighted by atomic mass is 32.3. The minimum Gasteiger partial charge on any atom is -0.320 e. The molecule has 0 amide bonds. The molecule has 0 aliphatic rings. The molecule has 2 aromatic heterocycles. The summed E-state index contributed by atoms with van der Waals surface area (Å²) in [5.41, 5.74) is -1.86. The lowest BCUT2D eigenvalue weighted by Crippen LogP contribution is -2.46. The van der Waals surface area contributed by atoms with Gasteiger partial charge in [0.25, 0.3) is 20.0 Å². The van der Waals surface area contributed by atoms with E-state index in [0.717, 1.165) is 92.9 Å². The number of benzene rings is 2. The van der Waals surface area contributed by atoms with Gasteiger partial charge in [-0.25, -0.2) is 8.78 Å². The number of sulfonamides is 2. The number of rotatable bonds is 20. The van der Waals surface area contributed by atoms with Gasteiger partial charge >= 0.3 is 7.60 Å². The van der Waals surface area contributed by atoms with Gasteiger partial charge in [-0.05, 0) is 90.1 Å². The molecule has 0 N–H and O–H groups in total. The SMILES string of the molecule is CC[N+](CC)(CC)Cc1ccc(S(=O)(=O)N(OP(C)(=O)ON(c2ccc(C#N)c(F)c2)S(=O)(=O)c2ccc(C[N+](CC)(CC)CC)s2)c2ccc(C#N)c(F)c2)s1. The summed E-state index contributed by atoms with van der Waals surface area (Å²) in [6.45, 7) is 18.8. The molecule has 0 atom stereocenters. The molecule has 0 spiro atoms. The fourth-order valence-electron chi connectivity index (χ4n) is 6.16. The molecular formula is C37H47F2N6O7PS4+2. The van der Waals surface area contributed by atoms with E-state index in [2.05, 4.69) is 0 Å². The van der Waals surface area contributed by atoms with Crippen molar-refractivity contribution in [2.45, 2.75) is 63.1 Å². The number of nitriles is 2. The van der Waals surface area contributed by atoms with E-state index in [-0.39, 0.29) is 17.4 Å². The lowest BCUT2D eigenvalue weighted by Gasteiger charge is -2.35. The summed E-state index contributed by atoms with van der Waals surface area (Å²) in [4.78, 5) is 1.42. The third kappa shape index (κ3) is 10.1. The number of thiophene rings is 2. The number of quaternary nitrogens is 2. The summed E-state index contributed by atoms with van der Waals surface area (Å²) in [7, 11) is -14.7. The Kier molecular flexibility index (Phi) is 14.9. The van der Waals surface area contributed by atoms with E-state index >= 15 is 8.78 Å². The molecule has 0 bridgehead atoms. The first kappa shape index (κ1) is 45.9. The van der Waals surface area contributed by atoms with Crippen molar-refractivity contribution in [3.05, 3.63) is 93.2 Å². The van der Waals surface area contributed by atoms with Crippen molar-refractivity contribution < 1.29 is 48.4 Å². The van der Waals surface area contributed by atoms with Crippen molar-refractivity contribution in [3.63, 3.8) is 0 Å². The summed E-state index contributed by atoms with van der Waals surface area (Å²) >= 11 is 1.85. The Morgan fingerprint density at radius 1 is 0.632 bits per heavy atom. The molecule has 20 heteroatoms. The molecule has 13 nitrogen and oxygen atoms in total. The second-order valence-electron chi connectivity index (χ2n) is 13.3. The van der Waals surface area contributed by atoms with Crippen LogP contribution in [0.15, 0.2) is 69.1 Å². The number of nitrogens with zero attached hydrogens (tertiary/aromatic N) is 6. The Hall–Kier alpha value is -3.75. The molecule has 2 aromatic carbocycles. The third-order valence-corrected chi connectivity index (χ3v) is 17.6. The fourth-order valence-corrected chi connectivity index (χ4v) is 13.6. The maximum atomic E-state index is 15.0. The largest absolute Gasteiger partial charge is 0.372 e. The van der Waals surface area contributed by atoms with Gasteiger partial charge in [-0.2, -0.15) is 36.6 Å². The van der Waals surface area contributed by atoms with Crippen LogP contribution >= 0.6 is 30.3 Å². The first-order valence-electron chi connectivity index (χ1n) is 18.2. The molecule has 0 fully saturated rings. The third-order valence-electron chi connectivity index (χ3n) is 10.2. The summed E-state index contributed by atoms with van der Waals surface area (Å²) in [6, 6.07) is 14.7. The van der Waals surface area contributed by atoms with Crippen molar-refractivity contribution in [1.82, 2.24) is 0 Å². The van der Waals surface area contributed by atoms with Crippen molar-refractivity contribution >= 4 is 61.7 Å². The quantitative estimate of drug-likeness (QED) is 0.0483. The highest BCUT2D eigenvalue weighted by Gasteiger charge is 2.40. The van der Waals surface area contributed by atoms with Gasteiger partial charge in [0, 0.05) is 18.8 Å². The summed E-state index contributed by atoms with van der Waals surface area (Å²) in [6.07, 6.45) is 0. The highest BCUT2D eigenvalue weighted by molar-refractivity contribution is 7.95. The van der Waals surface area contributed by atoms with Crippen molar-refractivity contribution in [3.8, 4) is 12.1 Å². The summed E-state index contributed by atoms with van der Waals surface area (Å²) in [5, 5.41) is 18.7. The zero-order chi connectivity index (χ0) is 42.4. The van der Waals surface area contributed by atoms with E-state index in [0.29, 0.717) is 43.9 Å². The van der Waals surface area contributed by atoms with Crippen molar-refractivity contribution in [2.75, 3.05) is 54.9 Å². The average molecular weight is 885 g/mol. The lowest BCUT2D eigenvalue weighted by molar-refractivity contribution is -0.935. The Labute approximate surface area is 342 Å². The predicted octanol–water partition coefficient (Wildman–Crippen LogP) is 8.36. The van der Waals surface area contributed by atoms with Crippen LogP contribution in [0.5, 0.6) is 0 Å². The molecule has 308 valence electrons. The maximum Gasteiger partial charge on any atom is 0.372 e. The number of halogens is 2. The number of hydrogen-bond acceptors (Lipinski definition) is 11. The van der Waals surface area contributed by atoms with Gasteiger partial charge in [-0.15, -0.1) is 31.6 Å². The number of hydrogen-bond donors (Lipinski definition) is 0. The van der Waals surface area contributed by atoms with Gasteiger partial charge < -0.3 is 8.97 Å². The molecule has 4 aromatic rings. The van der Waals surface area contributed by atoms with E-state index in [1.165, 1.54) is 12.1 Å². The van der Waals surface area contributed by atoms with Crippen molar-refractivity contribution in [1.29, 1.82) is 10.5 Å². The Morgan fingerprint density at radius 3 is 1.25 bits per heavy atom. The molecular weight excluding hydrogens is 838 g/mol. The average Bonchev–Trinajstić information content (AvgIpc) is 3.88. The van der Waals surface area contributed by atoms with E-state index < -0.39 is 61.8 Å². The smallest absolute Gasteiger partial charge is 0.320 e. The van der Waals surface area contributed by atoms with Crippen LogP contribution < -0.4 is 8.94 Å². The monoisotopic (exact) mass is 884 g/mol. The summed E-state index contributed by atoms with van der Waals surface area (Å²) in [5.74, 6) is -2.23. The first-order valence-corrected chi connectivity index (χ1v) is 24.7. The Balaban J connectivity index is 1.82. The normalized spacial score (nSPS) is 12.6. The second-order valence-corrected chi connectivity index (χ2v) is 21.5. The molecule has 4 rings (SSSR count). The van der Waals surface area contributed by atoms with Gasteiger partial charge in [0.2, 0.25) is 0 Å². The van der Waals surface area contributed by atoms with Gasteiger partial charge in [-0.1, -0.05) is 0 Å². The zero-order valence-corrected chi connectivity index (χ0v) is 37.0. The van der Waals surface area contributed by atoms with Crippen LogP contribution in [-0.4, -0.2) is 71.7 Å². The number of anilines is 2. The van der Waals surface area contributed by atoms with Crippen LogP contribution in [0, 0.1) is 34.3 Å². The van der Waals surface area contributed by atoms with Crippen LogP contribution in [0.2, 0.25) is 0 Å². The molecule has 0 unspecified atom stereocenters. The predicted molar refractivity (Wildman–Crippen MR) is 217 cm³/mol. The Bertz CT molecular complexity index is 2240. The maximum absolute atomic E-state index is 15.0. The van der Waals surface area contributed by atoms with E-state index in [9.17, 15) is 31.9 Å². The van der Waals surface area contributed by atoms with E-state index in [4.69, 9.17) is 9.25 Å². The van der Waals surface area contributed by atoms with Gasteiger partial charge in [-0.3, -0.25) is 4.57 Å². The van der Waals surface area contributed by atoms with Crippen LogP contribution in [0.3, 0.4) is 0 Å². The minimum absolute atomic E-state index is 0.167. The standard InChI is InChI=1S/C37H47F2N6O7PS4/c1-8-44(9-2,10-3)26-32-18-20-36(54-32)56(47,48)42(30-16-14-28(24-40)34(38)22-30)51-53(7,46)52-43(31-17-15-29(25-41)35(39)23-31)57(49,50)37-21-19-33(55-37)27-45(11-4,12-5)13-6/h14-23H,8-13,26-27H2,1-7H3/q+2. The van der Waals surface area contributed by atoms with Crippen LogP contribution in [0.4, 0.5) is 20.2 Å². The first-order chi connectivity index (χ1) is 26.8. The summed E-state index contributed by atoms with van der Waals surface area (Å²) < 4.78 is 114. The second kappa shape index (κ2) is 18.4. The van der Waals surface area contributed by atoms with Gasteiger partial charge in [0.1, 0.15) is 45.3 Å².